The SMILES string of the molecule is CS(=O)(=O)Nc1ccc(Nc2ccc(F)cc2F)cc1. The molecule has 7 heteroatoms. The molecule has 4 nitrogen and oxygen atoms in total. The van der Waals surface area contributed by atoms with Crippen molar-refractivity contribution < 1.29 is 17.2 Å². The smallest absolute Gasteiger partial charge is 0.229 e. The molecule has 0 saturated heterocycles. The molecule has 2 aromatic carbocycles. The number of nitrogens with one attached hydrogen (secondary N) is 2. The molecule has 0 amide bonds. The molecule has 0 aliphatic rings. The molecule has 2 aromatic rings. The molecule has 0 atom stereocenters. The molecule has 0 heterocycles. The van der Waals surface area contributed by atoms with E-state index >= 15 is 0 Å². The van der Waals surface area contributed by atoms with Crippen LogP contribution in [-0.2, 0) is 10.0 Å². The zero-order valence-corrected chi connectivity index (χ0v) is 11.3. The molecular weight excluding hydrogens is 286 g/mol. The molecule has 0 radical (unpaired) electrons. The summed E-state index contributed by atoms with van der Waals surface area (Å²) >= 11 is 0. The zero-order valence-electron chi connectivity index (χ0n) is 10.5. The van der Waals surface area contributed by atoms with Gasteiger partial charge in [0.1, 0.15) is 11.6 Å². The fourth-order valence-electron chi connectivity index (χ4n) is 1.58. The second-order valence-electron chi connectivity index (χ2n) is 4.20. The van der Waals surface area contributed by atoms with E-state index in [1.165, 1.54) is 18.2 Å². The number of anilines is 3. The molecule has 0 aliphatic carbocycles. The van der Waals surface area contributed by atoms with Crippen molar-refractivity contribution in [3.8, 4) is 0 Å². The van der Waals surface area contributed by atoms with Crippen LogP contribution in [0.25, 0.3) is 0 Å². The van der Waals surface area contributed by atoms with Crippen LogP contribution in [0.3, 0.4) is 0 Å². The van der Waals surface area contributed by atoms with Gasteiger partial charge >= 0.3 is 0 Å². The summed E-state index contributed by atoms with van der Waals surface area (Å²) in [6.45, 7) is 0. The molecule has 106 valence electrons. The monoisotopic (exact) mass is 298 g/mol. The normalized spacial score (nSPS) is 11.2. The molecule has 0 aliphatic heterocycles. The average molecular weight is 298 g/mol. The Morgan fingerprint density at radius 1 is 0.950 bits per heavy atom. The van der Waals surface area contributed by atoms with Gasteiger partial charge in [-0.3, -0.25) is 4.72 Å². The largest absolute Gasteiger partial charge is 0.353 e. The number of rotatable bonds is 4. The molecule has 2 rings (SSSR count). The van der Waals surface area contributed by atoms with E-state index in [-0.39, 0.29) is 5.69 Å². The van der Waals surface area contributed by atoms with Crippen LogP contribution in [0.1, 0.15) is 0 Å². The maximum atomic E-state index is 13.4. The van der Waals surface area contributed by atoms with E-state index in [9.17, 15) is 17.2 Å². The van der Waals surface area contributed by atoms with Gasteiger partial charge < -0.3 is 5.32 Å². The van der Waals surface area contributed by atoms with Crippen molar-refractivity contribution in [1.82, 2.24) is 0 Å². The van der Waals surface area contributed by atoms with Crippen molar-refractivity contribution >= 4 is 27.1 Å². The fourth-order valence-corrected chi connectivity index (χ4v) is 2.15. The summed E-state index contributed by atoms with van der Waals surface area (Å²) in [7, 11) is -3.33. The van der Waals surface area contributed by atoms with Gasteiger partial charge in [-0.1, -0.05) is 0 Å². The van der Waals surface area contributed by atoms with E-state index < -0.39 is 21.7 Å². The predicted molar refractivity (Wildman–Crippen MR) is 74.5 cm³/mol. The van der Waals surface area contributed by atoms with E-state index in [1.807, 2.05) is 0 Å². The Balaban J connectivity index is 2.14. The first-order valence-electron chi connectivity index (χ1n) is 5.63. The predicted octanol–water partition coefficient (Wildman–Crippen LogP) is 3.08. The van der Waals surface area contributed by atoms with Crippen LogP contribution in [0.15, 0.2) is 42.5 Å². The van der Waals surface area contributed by atoms with Crippen LogP contribution in [-0.4, -0.2) is 14.7 Å². The summed E-state index contributed by atoms with van der Waals surface area (Å²) in [5.41, 5.74) is 1.09. The van der Waals surface area contributed by atoms with Crippen LogP contribution in [0.2, 0.25) is 0 Å². The van der Waals surface area contributed by atoms with E-state index in [1.54, 1.807) is 12.1 Å². The second kappa shape index (κ2) is 5.46. The van der Waals surface area contributed by atoms with Gasteiger partial charge in [-0.15, -0.1) is 0 Å². The van der Waals surface area contributed by atoms with Crippen LogP contribution < -0.4 is 10.0 Å². The minimum atomic E-state index is -3.33. The average Bonchev–Trinajstić information content (AvgIpc) is 2.33. The van der Waals surface area contributed by atoms with Gasteiger partial charge in [0, 0.05) is 17.4 Å². The third-order valence-electron chi connectivity index (χ3n) is 2.40. The Hall–Kier alpha value is -2.15. The van der Waals surface area contributed by atoms with Gasteiger partial charge in [0.25, 0.3) is 0 Å². The number of hydrogen-bond acceptors (Lipinski definition) is 3. The quantitative estimate of drug-likeness (QED) is 0.912. The standard InChI is InChI=1S/C13H12F2N2O2S/c1-20(18,19)17-11-5-3-10(4-6-11)16-13-7-2-9(14)8-12(13)15/h2-8,16-17H,1H3. The Kier molecular flexibility index (Phi) is 3.89. The van der Waals surface area contributed by atoms with Crippen LogP contribution in [0.4, 0.5) is 25.8 Å². The van der Waals surface area contributed by atoms with Gasteiger partial charge in [-0.25, -0.2) is 17.2 Å². The molecule has 0 unspecified atom stereocenters. The van der Waals surface area contributed by atoms with E-state index in [0.717, 1.165) is 18.4 Å². The van der Waals surface area contributed by atoms with Gasteiger partial charge in [0.05, 0.1) is 11.9 Å². The highest BCUT2D eigenvalue weighted by atomic mass is 32.2. The maximum Gasteiger partial charge on any atom is 0.229 e. The lowest BCUT2D eigenvalue weighted by atomic mass is 10.2. The Labute approximate surface area is 115 Å². The van der Waals surface area contributed by atoms with Gasteiger partial charge in [0.15, 0.2) is 0 Å². The summed E-state index contributed by atoms with van der Waals surface area (Å²) in [5, 5.41) is 2.77. The third kappa shape index (κ3) is 3.92. The summed E-state index contributed by atoms with van der Waals surface area (Å²) < 4.78 is 50.6. The van der Waals surface area contributed by atoms with Crippen molar-refractivity contribution in [3.63, 3.8) is 0 Å². The highest BCUT2D eigenvalue weighted by Gasteiger charge is 2.05. The maximum absolute atomic E-state index is 13.4. The third-order valence-corrected chi connectivity index (χ3v) is 3.00. The number of halogens is 2. The molecule has 0 aromatic heterocycles. The lowest BCUT2D eigenvalue weighted by molar-refractivity contribution is 0.586. The number of benzene rings is 2. The molecule has 0 saturated carbocycles. The first-order valence-corrected chi connectivity index (χ1v) is 7.52. The molecular formula is C13H12F2N2O2S. The van der Waals surface area contributed by atoms with Crippen LogP contribution in [0.5, 0.6) is 0 Å². The highest BCUT2D eigenvalue weighted by Crippen LogP contribution is 2.22. The lowest BCUT2D eigenvalue weighted by Crippen LogP contribution is -2.09. The molecule has 0 fully saturated rings. The fraction of sp³-hybridized carbons (Fsp3) is 0.0769. The summed E-state index contributed by atoms with van der Waals surface area (Å²) in [5.74, 6) is -1.36. The minimum absolute atomic E-state index is 0.134. The molecule has 0 bridgehead atoms. The van der Waals surface area contributed by atoms with Crippen molar-refractivity contribution in [2.45, 2.75) is 0 Å². The van der Waals surface area contributed by atoms with Crippen LogP contribution in [0, 0.1) is 11.6 Å². The van der Waals surface area contributed by atoms with Gasteiger partial charge in [-0.2, -0.15) is 0 Å². The van der Waals surface area contributed by atoms with Crippen molar-refractivity contribution in [1.29, 1.82) is 0 Å². The summed E-state index contributed by atoms with van der Waals surface area (Å²) in [4.78, 5) is 0. The molecule has 0 spiro atoms. The topological polar surface area (TPSA) is 58.2 Å². The first-order chi connectivity index (χ1) is 9.33. The van der Waals surface area contributed by atoms with Crippen molar-refractivity contribution in [2.75, 3.05) is 16.3 Å². The zero-order chi connectivity index (χ0) is 14.8. The summed E-state index contributed by atoms with van der Waals surface area (Å²) in [6.07, 6.45) is 1.05. The van der Waals surface area contributed by atoms with Gasteiger partial charge in [-0.05, 0) is 36.4 Å². The Bertz CT molecular complexity index is 716. The van der Waals surface area contributed by atoms with Crippen molar-refractivity contribution in [2.24, 2.45) is 0 Å². The Morgan fingerprint density at radius 2 is 1.55 bits per heavy atom. The number of hydrogen-bond donors (Lipinski definition) is 2. The minimum Gasteiger partial charge on any atom is -0.353 e. The highest BCUT2D eigenvalue weighted by molar-refractivity contribution is 7.92. The van der Waals surface area contributed by atoms with E-state index in [0.29, 0.717) is 11.4 Å². The molecule has 2 N–H and O–H groups in total. The number of sulfonamides is 1. The lowest BCUT2D eigenvalue weighted by Gasteiger charge is -2.09. The van der Waals surface area contributed by atoms with Gasteiger partial charge in [0.2, 0.25) is 10.0 Å². The van der Waals surface area contributed by atoms with Crippen LogP contribution >= 0.6 is 0 Å². The second-order valence-corrected chi connectivity index (χ2v) is 5.95. The van der Waals surface area contributed by atoms with E-state index in [4.69, 9.17) is 0 Å². The first kappa shape index (κ1) is 14.3. The van der Waals surface area contributed by atoms with E-state index in [2.05, 4.69) is 10.0 Å². The Morgan fingerprint density at radius 3 is 2.10 bits per heavy atom. The van der Waals surface area contributed by atoms with Crippen molar-refractivity contribution in [3.05, 3.63) is 54.1 Å². The molecule has 20 heavy (non-hydrogen) atoms. The summed E-state index contributed by atoms with van der Waals surface area (Å²) in [6, 6.07) is 9.43.